The van der Waals surface area contributed by atoms with Crippen molar-refractivity contribution in [2.45, 2.75) is 27.2 Å². The van der Waals surface area contributed by atoms with Crippen molar-refractivity contribution in [3.8, 4) is 0 Å². The van der Waals surface area contributed by atoms with Gasteiger partial charge in [-0.2, -0.15) is 0 Å². The van der Waals surface area contributed by atoms with Crippen molar-refractivity contribution in [3.63, 3.8) is 0 Å². The third kappa shape index (κ3) is 3.98. The van der Waals surface area contributed by atoms with E-state index in [0.29, 0.717) is 29.8 Å². The van der Waals surface area contributed by atoms with Crippen molar-refractivity contribution in [2.75, 3.05) is 13.2 Å². The van der Waals surface area contributed by atoms with E-state index in [0.717, 1.165) is 16.5 Å². The van der Waals surface area contributed by atoms with E-state index in [1.165, 1.54) is 6.92 Å². The van der Waals surface area contributed by atoms with E-state index in [-0.39, 0.29) is 24.0 Å². The molecule has 0 atom stereocenters. The first kappa shape index (κ1) is 19.4. The van der Waals surface area contributed by atoms with Gasteiger partial charge in [-0.3, -0.25) is 9.59 Å². The first-order valence-corrected chi connectivity index (χ1v) is 9.07. The van der Waals surface area contributed by atoms with Crippen molar-refractivity contribution in [2.24, 2.45) is 0 Å². The van der Waals surface area contributed by atoms with Gasteiger partial charge in [0.2, 0.25) is 0 Å². The van der Waals surface area contributed by atoms with Crippen LogP contribution in [0.2, 0.25) is 0 Å². The van der Waals surface area contributed by atoms with Crippen LogP contribution in [0.4, 0.5) is 0 Å². The van der Waals surface area contributed by atoms with Crippen LogP contribution in [-0.4, -0.2) is 40.8 Å². The van der Waals surface area contributed by atoms with Gasteiger partial charge in [0.25, 0.3) is 5.91 Å². The van der Waals surface area contributed by atoms with Crippen LogP contribution in [-0.2, 0) is 16.0 Å². The number of aromatic amines is 2. The highest BCUT2D eigenvalue weighted by molar-refractivity contribution is 6.01. The molecule has 0 bridgehead atoms. The van der Waals surface area contributed by atoms with Crippen LogP contribution in [0.5, 0.6) is 0 Å². The van der Waals surface area contributed by atoms with Gasteiger partial charge < -0.3 is 20.0 Å². The summed E-state index contributed by atoms with van der Waals surface area (Å²) in [5, 5.41) is 3.87. The van der Waals surface area contributed by atoms with Crippen molar-refractivity contribution >= 4 is 28.6 Å². The maximum absolute atomic E-state index is 12.2. The fourth-order valence-electron chi connectivity index (χ4n) is 3.41. The van der Waals surface area contributed by atoms with Gasteiger partial charge >= 0.3 is 5.97 Å². The van der Waals surface area contributed by atoms with Gasteiger partial charge in [-0.05, 0) is 44.4 Å². The normalized spacial score (nSPS) is 10.8. The molecule has 0 spiro atoms. The summed E-state index contributed by atoms with van der Waals surface area (Å²) in [6.45, 7) is 4.91. The highest BCUT2D eigenvalue weighted by Crippen LogP contribution is 2.19. The Hall–Kier alpha value is -3.35. The number of rotatable bonds is 7. The molecule has 7 heteroatoms. The van der Waals surface area contributed by atoms with E-state index in [9.17, 15) is 14.4 Å². The number of hydrogen-bond acceptors (Lipinski definition) is 4. The SMILES string of the molecule is CC(=O)c1c(C)[nH]c(C(=O)OCC(=O)NCCc2c[nH]c3ccccc23)c1C. The first-order chi connectivity index (χ1) is 13.4. The van der Waals surface area contributed by atoms with E-state index in [1.54, 1.807) is 13.8 Å². The highest BCUT2D eigenvalue weighted by Gasteiger charge is 2.21. The Labute approximate surface area is 162 Å². The highest BCUT2D eigenvalue weighted by atomic mass is 16.5. The number of esters is 1. The van der Waals surface area contributed by atoms with Gasteiger partial charge in [0.05, 0.1) is 0 Å². The Morgan fingerprint density at radius 1 is 1.14 bits per heavy atom. The number of amides is 1. The second-order valence-corrected chi connectivity index (χ2v) is 6.72. The molecule has 146 valence electrons. The lowest BCUT2D eigenvalue weighted by Crippen LogP contribution is -2.30. The zero-order chi connectivity index (χ0) is 20.3. The Bertz CT molecular complexity index is 1050. The molecule has 0 saturated heterocycles. The number of carbonyl (C=O) groups is 3. The Morgan fingerprint density at radius 2 is 1.89 bits per heavy atom. The number of Topliss-reactive ketones (excluding diaryl/α,β-unsaturated/α-hetero) is 1. The van der Waals surface area contributed by atoms with Crippen molar-refractivity contribution in [3.05, 3.63) is 58.5 Å². The molecule has 0 unspecified atom stereocenters. The van der Waals surface area contributed by atoms with Crippen LogP contribution >= 0.6 is 0 Å². The minimum Gasteiger partial charge on any atom is -0.451 e. The topological polar surface area (TPSA) is 104 Å². The molecular formula is C21H23N3O4. The standard InChI is InChI=1S/C21H23N3O4/c1-12-19(14(3)25)13(2)24-20(12)21(27)28-11-18(26)22-9-8-15-10-23-17-7-5-4-6-16(15)17/h4-7,10,23-24H,8-9,11H2,1-3H3,(H,22,26). The second-order valence-electron chi connectivity index (χ2n) is 6.72. The summed E-state index contributed by atoms with van der Waals surface area (Å²) in [5.41, 5.74) is 4.00. The van der Waals surface area contributed by atoms with Gasteiger partial charge in [-0.1, -0.05) is 18.2 Å². The Kier molecular flexibility index (Phi) is 5.63. The van der Waals surface area contributed by atoms with Crippen molar-refractivity contribution in [1.82, 2.24) is 15.3 Å². The van der Waals surface area contributed by atoms with E-state index in [4.69, 9.17) is 4.74 Å². The third-order valence-electron chi connectivity index (χ3n) is 4.72. The van der Waals surface area contributed by atoms with Crippen LogP contribution in [0.1, 0.15) is 44.6 Å². The van der Waals surface area contributed by atoms with Crippen LogP contribution in [0.3, 0.4) is 0 Å². The Morgan fingerprint density at radius 3 is 2.61 bits per heavy atom. The zero-order valence-corrected chi connectivity index (χ0v) is 16.1. The maximum atomic E-state index is 12.2. The number of ether oxygens (including phenoxy) is 1. The molecule has 3 aromatic rings. The van der Waals surface area contributed by atoms with E-state index < -0.39 is 5.97 Å². The lowest BCUT2D eigenvalue weighted by atomic mass is 10.1. The summed E-state index contributed by atoms with van der Waals surface area (Å²) >= 11 is 0. The zero-order valence-electron chi connectivity index (χ0n) is 16.1. The van der Waals surface area contributed by atoms with Crippen LogP contribution in [0, 0.1) is 13.8 Å². The lowest BCUT2D eigenvalue weighted by molar-refractivity contribution is -0.124. The predicted molar refractivity (Wildman–Crippen MR) is 106 cm³/mol. The summed E-state index contributed by atoms with van der Waals surface area (Å²) in [5.74, 6) is -1.15. The minimum absolute atomic E-state index is 0.125. The molecule has 2 heterocycles. The number of carbonyl (C=O) groups excluding carboxylic acids is 3. The summed E-state index contributed by atoms with van der Waals surface area (Å²) in [6, 6.07) is 7.96. The van der Waals surface area contributed by atoms with Crippen LogP contribution < -0.4 is 5.32 Å². The number of ketones is 1. The minimum atomic E-state index is -0.653. The van der Waals surface area contributed by atoms with Gasteiger partial charge in [0, 0.05) is 34.9 Å². The molecule has 0 fully saturated rings. The fourth-order valence-corrected chi connectivity index (χ4v) is 3.41. The number of fused-ring (bicyclic) bond motifs is 1. The number of aryl methyl sites for hydroxylation is 1. The van der Waals surface area contributed by atoms with Gasteiger partial charge in [0.15, 0.2) is 12.4 Å². The molecular weight excluding hydrogens is 358 g/mol. The first-order valence-electron chi connectivity index (χ1n) is 9.07. The number of nitrogens with one attached hydrogen (secondary N) is 3. The molecule has 2 aromatic heterocycles. The van der Waals surface area contributed by atoms with Crippen LogP contribution in [0.15, 0.2) is 30.5 Å². The molecule has 28 heavy (non-hydrogen) atoms. The molecule has 0 aliphatic carbocycles. The van der Waals surface area contributed by atoms with E-state index in [2.05, 4.69) is 15.3 Å². The summed E-state index contributed by atoms with van der Waals surface area (Å²) in [7, 11) is 0. The maximum Gasteiger partial charge on any atom is 0.355 e. The monoisotopic (exact) mass is 381 g/mol. The molecule has 0 aliphatic heterocycles. The van der Waals surface area contributed by atoms with Crippen LogP contribution in [0.25, 0.3) is 10.9 Å². The summed E-state index contributed by atoms with van der Waals surface area (Å²) < 4.78 is 5.08. The number of para-hydroxylation sites is 1. The number of benzene rings is 1. The number of aromatic nitrogens is 2. The van der Waals surface area contributed by atoms with Crippen molar-refractivity contribution < 1.29 is 19.1 Å². The molecule has 0 saturated carbocycles. The average molecular weight is 381 g/mol. The summed E-state index contributed by atoms with van der Waals surface area (Å²) in [6.07, 6.45) is 2.60. The quantitative estimate of drug-likeness (QED) is 0.432. The molecule has 1 aromatic carbocycles. The molecule has 0 radical (unpaired) electrons. The molecule has 0 aliphatic rings. The lowest BCUT2D eigenvalue weighted by Gasteiger charge is -2.06. The third-order valence-corrected chi connectivity index (χ3v) is 4.72. The van der Waals surface area contributed by atoms with Gasteiger partial charge in [-0.25, -0.2) is 4.79 Å². The summed E-state index contributed by atoms with van der Waals surface area (Å²) in [4.78, 5) is 41.9. The smallest absolute Gasteiger partial charge is 0.355 e. The molecule has 3 N–H and O–H groups in total. The van der Waals surface area contributed by atoms with E-state index in [1.807, 2.05) is 30.5 Å². The molecule has 7 nitrogen and oxygen atoms in total. The average Bonchev–Trinajstić information content (AvgIpc) is 3.20. The van der Waals surface area contributed by atoms with Gasteiger partial charge in [-0.15, -0.1) is 0 Å². The van der Waals surface area contributed by atoms with Crippen molar-refractivity contribution in [1.29, 1.82) is 0 Å². The molecule has 1 amide bonds. The number of hydrogen-bond donors (Lipinski definition) is 3. The Balaban J connectivity index is 1.50. The predicted octanol–water partition coefficient (Wildman–Crippen LogP) is 2.83. The second kappa shape index (κ2) is 8.12. The van der Waals surface area contributed by atoms with E-state index >= 15 is 0 Å². The fraction of sp³-hybridized carbons (Fsp3) is 0.286. The van der Waals surface area contributed by atoms with Gasteiger partial charge in [0.1, 0.15) is 5.69 Å². The number of H-pyrrole nitrogens is 2. The molecule has 3 rings (SSSR count). The largest absolute Gasteiger partial charge is 0.451 e.